The molecular formula is C14H16N4. The fourth-order valence-electron chi connectivity index (χ4n) is 2.81. The molecule has 1 aliphatic carbocycles. The standard InChI is InChI=1S/C14H16N4/c1-16-11-6-7-13-12(8-15)17-14(18(13)9-11)10-4-2-3-5-10/h6-7,9-10,16H,2-5H2,1H3. The van der Waals surface area contributed by atoms with E-state index in [2.05, 4.69) is 20.8 Å². The average Bonchev–Trinajstić information content (AvgIpc) is 3.04. The Morgan fingerprint density at radius 1 is 1.39 bits per heavy atom. The lowest BCUT2D eigenvalue weighted by molar-refractivity contribution is 0.665. The summed E-state index contributed by atoms with van der Waals surface area (Å²) in [5.41, 5.74) is 2.50. The average molecular weight is 240 g/mol. The first-order valence-corrected chi connectivity index (χ1v) is 6.43. The lowest BCUT2D eigenvalue weighted by Crippen LogP contribution is -2.01. The molecular weight excluding hydrogens is 224 g/mol. The first kappa shape index (κ1) is 11.1. The molecule has 1 aliphatic rings. The number of imidazole rings is 1. The van der Waals surface area contributed by atoms with Crippen LogP contribution in [0.25, 0.3) is 5.52 Å². The summed E-state index contributed by atoms with van der Waals surface area (Å²) in [6.07, 6.45) is 6.96. The molecule has 0 amide bonds. The molecule has 0 aliphatic heterocycles. The number of pyridine rings is 1. The van der Waals surface area contributed by atoms with Gasteiger partial charge in [-0.25, -0.2) is 4.98 Å². The first-order valence-electron chi connectivity index (χ1n) is 6.43. The van der Waals surface area contributed by atoms with Gasteiger partial charge in [0.1, 0.15) is 11.9 Å². The van der Waals surface area contributed by atoms with Gasteiger partial charge in [0.15, 0.2) is 5.69 Å². The Labute approximate surface area is 106 Å². The lowest BCUT2D eigenvalue weighted by Gasteiger charge is -2.09. The zero-order valence-corrected chi connectivity index (χ0v) is 10.5. The topological polar surface area (TPSA) is 53.1 Å². The van der Waals surface area contributed by atoms with E-state index in [4.69, 9.17) is 0 Å². The molecule has 0 bridgehead atoms. The summed E-state index contributed by atoms with van der Waals surface area (Å²) < 4.78 is 2.08. The second-order valence-corrected chi connectivity index (χ2v) is 4.83. The van der Waals surface area contributed by atoms with Crippen LogP contribution in [0.5, 0.6) is 0 Å². The van der Waals surface area contributed by atoms with Crippen molar-refractivity contribution in [1.29, 1.82) is 5.26 Å². The number of nitrogens with one attached hydrogen (secondary N) is 1. The number of hydrogen-bond donors (Lipinski definition) is 1. The maximum Gasteiger partial charge on any atom is 0.166 e. The van der Waals surface area contributed by atoms with Gasteiger partial charge in [0.2, 0.25) is 0 Å². The van der Waals surface area contributed by atoms with E-state index in [1.165, 1.54) is 25.7 Å². The van der Waals surface area contributed by atoms with Crippen LogP contribution in [0.3, 0.4) is 0 Å². The van der Waals surface area contributed by atoms with Gasteiger partial charge in [0, 0.05) is 19.2 Å². The SMILES string of the molecule is CNc1ccc2c(C#N)nc(C3CCCC3)n2c1. The largest absolute Gasteiger partial charge is 0.387 e. The molecule has 0 saturated heterocycles. The van der Waals surface area contributed by atoms with Crippen molar-refractivity contribution < 1.29 is 0 Å². The fraction of sp³-hybridized carbons (Fsp3) is 0.429. The van der Waals surface area contributed by atoms with Gasteiger partial charge < -0.3 is 9.72 Å². The highest BCUT2D eigenvalue weighted by Gasteiger charge is 2.23. The molecule has 2 aromatic heterocycles. The minimum Gasteiger partial charge on any atom is -0.387 e. The van der Waals surface area contributed by atoms with Crippen molar-refractivity contribution in [3.63, 3.8) is 0 Å². The van der Waals surface area contributed by atoms with E-state index < -0.39 is 0 Å². The molecule has 1 N–H and O–H groups in total. The van der Waals surface area contributed by atoms with Gasteiger partial charge in [0.25, 0.3) is 0 Å². The zero-order chi connectivity index (χ0) is 12.5. The predicted molar refractivity (Wildman–Crippen MR) is 70.7 cm³/mol. The second-order valence-electron chi connectivity index (χ2n) is 4.83. The quantitative estimate of drug-likeness (QED) is 0.878. The minimum atomic E-state index is 0.506. The summed E-state index contributed by atoms with van der Waals surface area (Å²) in [7, 11) is 1.90. The molecule has 0 spiro atoms. The number of rotatable bonds is 2. The number of anilines is 1. The molecule has 1 saturated carbocycles. The van der Waals surface area contributed by atoms with Gasteiger partial charge in [-0.3, -0.25) is 0 Å². The Bertz CT molecular complexity index is 614. The number of aromatic nitrogens is 2. The van der Waals surface area contributed by atoms with Crippen LogP contribution in [0, 0.1) is 11.3 Å². The Balaban J connectivity index is 2.20. The number of nitriles is 1. The summed E-state index contributed by atoms with van der Waals surface area (Å²) >= 11 is 0. The van der Waals surface area contributed by atoms with Crippen LogP contribution in [0.15, 0.2) is 18.3 Å². The van der Waals surface area contributed by atoms with Crippen molar-refractivity contribution in [2.75, 3.05) is 12.4 Å². The molecule has 92 valence electrons. The molecule has 1 fully saturated rings. The summed E-state index contributed by atoms with van der Waals surface area (Å²) in [6.45, 7) is 0. The molecule has 0 unspecified atom stereocenters. The third kappa shape index (κ3) is 1.63. The van der Waals surface area contributed by atoms with E-state index in [1.807, 2.05) is 25.4 Å². The van der Waals surface area contributed by atoms with Crippen molar-refractivity contribution in [2.45, 2.75) is 31.6 Å². The predicted octanol–water partition coefficient (Wildman–Crippen LogP) is 2.91. The van der Waals surface area contributed by atoms with Crippen LogP contribution in [0.1, 0.15) is 43.1 Å². The monoisotopic (exact) mass is 240 g/mol. The van der Waals surface area contributed by atoms with E-state index in [0.717, 1.165) is 17.0 Å². The van der Waals surface area contributed by atoms with Gasteiger partial charge in [-0.2, -0.15) is 5.26 Å². The van der Waals surface area contributed by atoms with Gasteiger partial charge in [0.05, 0.1) is 11.2 Å². The number of nitrogens with zero attached hydrogens (tertiary/aromatic N) is 3. The van der Waals surface area contributed by atoms with Crippen molar-refractivity contribution in [3.05, 3.63) is 29.8 Å². The van der Waals surface area contributed by atoms with Crippen molar-refractivity contribution in [2.24, 2.45) is 0 Å². The molecule has 2 heterocycles. The molecule has 18 heavy (non-hydrogen) atoms. The Hall–Kier alpha value is -2.02. The van der Waals surface area contributed by atoms with E-state index in [9.17, 15) is 5.26 Å². The Morgan fingerprint density at radius 2 is 2.17 bits per heavy atom. The van der Waals surface area contributed by atoms with Crippen LogP contribution in [0.2, 0.25) is 0 Å². The molecule has 0 atom stereocenters. The first-order chi connectivity index (χ1) is 8.83. The lowest BCUT2D eigenvalue weighted by atomic mass is 10.1. The zero-order valence-electron chi connectivity index (χ0n) is 10.5. The Kier molecular flexibility index (Phi) is 2.67. The van der Waals surface area contributed by atoms with Crippen LogP contribution < -0.4 is 5.32 Å². The van der Waals surface area contributed by atoms with Gasteiger partial charge in [-0.15, -0.1) is 0 Å². The molecule has 4 heteroatoms. The van der Waals surface area contributed by atoms with Gasteiger partial charge in [-0.1, -0.05) is 12.8 Å². The highest BCUT2D eigenvalue weighted by Crippen LogP contribution is 2.34. The minimum absolute atomic E-state index is 0.506. The summed E-state index contributed by atoms with van der Waals surface area (Å²) in [6, 6.07) is 6.15. The van der Waals surface area contributed by atoms with E-state index in [-0.39, 0.29) is 0 Å². The van der Waals surface area contributed by atoms with Gasteiger partial charge >= 0.3 is 0 Å². The fourth-order valence-corrected chi connectivity index (χ4v) is 2.81. The normalized spacial score (nSPS) is 16.0. The molecule has 4 nitrogen and oxygen atoms in total. The maximum absolute atomic E-state index is 9.18. The van der Waals surface area contributed by atoms with E-state index in [0.29, 0.717) is 11.6 Å². The number of hydrogen-bond acceptors (Lipinski definition) is 3. The third-order valence-electron chi connectivity index (χ3n) is 3.78. The molecule has 0 radical (unpaired) electrons. The summed E-state index contributed by atoms with van der Waals surface area (Å²) in [5.74, 6) is 1.56. The van der Waals surface area contributed by atoms with Crippen LogP contribution in [-0.4, -0.2) is 16.4 Å². The van der Waals surface area contributed by atoms with Crippen LogP contribution in [0.4, 0.5) is 5.69 Å². The number of fused-ring (bicyclic) bond motifs is 1. The highest BCUT2D eigenvalue weighted by atomic mass is 15.0. The summed E-state index contributed by atoms with van der Waals surface area (Å²) in [5, 5.41) is 12.3. The molecule has 3 rings (SSSR count). The van der Waals surface area contributed by atoms with Crippen molar-refractivity contribution >= 4 is 11.2 Å². The maximum atomic E-state index is 9.18. The summed E-state index contributed by atoms with van der Waals surface area (Å²) in [4.78, 5) is 4.54. The van der Waals surface area contributed by atoms with Crippen LogP contribution >= 0.6 is 0 Å². The smallest absolute Gasteiger partial charge is 0.166 e. The highest BCUT2D eigenvalue weighted by molar-refractivity contribution is 5.62. The van der Waals surface area contributed by atoms with E-state index in [1.54, 1.807) is 0 Å². The van der Waals surface area contributed by atoms with Crippen molar-refractivity contribution in [3.8, 4) is 6.07 Å². The van der Waals surface area contributed by atoms with Crippen LogP contribution in [-0.2, 0) is 0 Å². The van der Waals surface area contributed by atoms with E-state index >= 15 is 0 Å². The van der Waals surface area contributed by atoms with Crippen molar-refractivity contribution in [1.82, 2.24) is 9.38 Å². The Morgan fingerprint density at radius 3 is 2.83 bits per heavy atom. The molecule has 0 aromatic carbocycles. The third-order valence-corrected chi connectivity index (χ3v) is 3.78. The second kappa shape index (κ2) is 4.34. The van der Waals surface area contributed by atoms with Gasteiger partial charge in [-0.05, 0) is 25.0 Å². The molecule has 2 aromatic rings.